The van der Waals surface area contributed by atoms with E-state index in [1.54, 1.807) is 11.7 Å². The van der Waals surface area contributed by atoms with Crippen molar-refractivity contribution >= 4 is 17.5 Å². The molecule has 1 heterocycles. The van der Waals surface area contributed by atoms with E-state index in [-0.39, 0.29) is 0 Å². The van der Waals surface area contributed by atoms with Crippen LogP contribution in [0.3, 0.4) is 0 Å². The molecule has 6 heteroatoms. The summed E-state index contributed by atoms with van der Waals surface area (Å²) in [5.74, 6) is 1.01. The van der Waals surface area contributed by atoms with Crippen LogP contribution in [0.25, 0.3) is 0 Å². The first-order chi connectivity index (χ1) is 8.15. The zero-order chi connectivity index (χ0) is 12.3. The van der Waals surface area contributed by atoms with Gasteiger partial charge in [0, 0.05) is 12.9 Å². The number of aryl methyl sites for hydroxylation is 1. The van der Waals surface area contributed by atoms with Gasteiger partial charge in [-0.05, 0) is 22.9 Å². The Balaban J connectivity index is 2.30. The lowest BCUT2D eigenvalue weighted by Crippen LogP contribution is -2.35. The highest BCUT2D eigenvalue weighted by molar-refractivity contribution is 6.18. The molecule has 0 spiro atoms. The van der Waals surface area contributed by atoms with Crippen LogP contribution in [0.4, 0.5) is 5.95 Å². The quantitative estimate of drug-likeness (QED) is 0.842. The first kappa shape index (κ1) is 11.9. The van der Waals surface area contributed by atoms with E-state index in [2.05, 4.69) is 20.8 Å². The lowest BCUT2D eigenvalue weighted by atomic mass is 9.94. The number of benzene rings is 1. The molecule has 0 aliphatic heterocycles. The Hall–Kier alpha value is -1.62. The SMILES string of the molecule is Cn1nnnc1NC(C)(CCl)c1ccccc1. The van der Waals surface area contributed by atoms with E-state index in [0.29, 0.717) is 11.8 Å². The zero-order valence-electron chi connectivity index (χ0n) is 9.76. The maximum Gasteiger partial charge on any atom is 0.243 e. The molecule has 0 fully saturated rings. The third-order valence-corrected chi connectivity index (χ3v) is 3.22. The van der Waals surface area contributed by atoms with Crippen LogP contribution in [-0.2, 0) is 12.6 Å². The molecule has 0 aliphatic carbocycles. The van der Waals surface area contributed by atoms with Gasteiger partial charge in [-0.15, -0.1) is 11.6 Å². The largest absolute Gasteiger partial charge is 0.343 e. The molecular weight excluding hydrogens is 238 g/mol. The second-order valence-corrected chi connectivity index (χ2v) is 4.35. The van der Waals surface area contributed by atoms with Gasteiger partial charge in [0.2, 0.25) is 5.95 Å². The van der Waals surface area contributed by atoms with E-state index in [1.807, 2.05) is 37.3 Å². The maximum atomic E-state index is 6.07. The van der Waals surface area contributed by atoms with Crippen molar-refractivity contribution in [3.8, 4) is 0 Å². The summed E-state index contributed by atoms with van der Waals surface area (Å²) < 4.78 is 1.58. The Labute approximate surface area is 105 Å². The standard InChI is InChI=1S/C11H14ClN5/c1-11(8-12,9-6-4-3-5-7-9)13-10-14-15-16-17(10)2/h3-7H,8H2,1-2H3,(H,13,14,16). The lowest BCUT2D eigenvalue weighted by molar-refractivity contribution is 0.597. The average Bonchev–Trinajstić information content (AvgIpc) is 2.76. The number of rotatable bonds is 4. The van der Waals surface area contributed by atoms with Gasteiger partial charge < -0.3 is 5.32 Å². The van der Waals surface area contributed by atoms with Crippen molar-refractivity contribution in [2.24, 2.45) is 7.05 Å². The van der Waals surface area contributed by atoms with Crippen LogP contribution < -0.4 is 5.32 Å². The molecule has 1 aromatic carbocycles. The van der Waals surface area contributed by atoms with Crippen LogP contribution in [0.15, 0.2) is 30.3 Å². The number of aromatic nitrogens is 4. The Kier molecular flexibility index (Phi) is 3.28. The van der Waals surface area contributed by atoms with Crippen LogP contribution >= 0.6 is 11.6 Å². The minimum atomic E-state index is -0.398. The Bertz CT molecular complexity index is 484. The summed E-state index contributed by atoms with van der Waals surface area (Å²) in [5.41, 5.74) is 0.698. The molecular formula is C11H14ClN5. The van der Waals surface area contributed by atoms with Gasteiger partial charge in [-0.2, -0.15) is 0 Å². The third kappa shape index (κ3) is 2.39. The van der Waals surface area contributed by atoms with Crippen LogP contribution in [0.5, 0.6) is 0 Å². The number of anilines is 1. The molecule has 0 radical (unpaired) electrons. The number of hydrogen-bond acceptors (Lipinski definition) is 4. The van der Waals surface area contributed by atoms with E-state index in [1.165, 1.54) is 0 Å². The highest BCUT2D eigenvalue weighted by Gasteiger charge is 2.27. The van der Waals surface area contributed by atoms with Crippen molar-refractivity contribution < 1.29 is 0 Å². The fourth-order valence-corrected chi connectivity index (χ4v) is 1.79. The zero-order valence-corrected chi connectivity index (χ0v) is 10.5. The van der Waals surface area contributed by atoms with Crippen LogP contribution in [0.2, 0.25) is 0 Å². The van der Waals surface area contributed by atoms with Crippen molar-refractivity contribution in [3.63, 3.8) is 0 Å². The third-order valence-electron chi connectivity index (χ3n) is 2.69. The Morgan fingerprint density at radius 3 is 2.59 bits per heavy atom. The number of nitrogens with one attached hydrogen (secondary N) is 1. The molecule has 1 aromatic heterocycles. The number of halogens is 1. The van der Waals surface area contributed by atoms with Crippen molar-refractivity contribution in [3.05, 3.63) is 35.9 Å². The molecule has 17 heavy (non-hydrogen) atoms. The average molecular weight is 252 g/mol. The molecule has 0 amide bonds. The molecule has 0 saturated heterocycles. The van der Waals surface area contributed by atoms with E-state index in [4.69, 9.17) is 11.6 Å². The first-order valence-electron chi connectivity index (χ1n) is 5.28. The number of nitrogens with zero attached hydrogens (tertiary/aromatic N) is 4. The topological polar surface area (TPSA) is 55.6 Å². The van der Waals surface area contributed by atoms with Crippen molar-refractivity contribution in [2.45, 2.75) is 12.5 Å². The second kappa shape index (κ2) is 4.71. The Morgan fingerprint density at radius 2 is 2.06 bits per heavy atom. The van der Waals surface area contributed by atoms with Crippen LogP contribution in [0, 0.1) is 0 Å². The minimum Gasteiger partial charge on any atom is -0.343 e. The molecule has 1 unspecified atom stereocenters. The molecule has 0 aliphatic rings. The molecule has 1 N–H and O–H groups in total. The first-order valence-corrected chi connectivity index (χ1v) is 5.81. The van der Waals surface area contributed by atoms with Gasteiger partial charge in [-0.25, -0.2) is 4.68 Å². The second-order valence-electron chi connectivity index (χ2n) is 4.08. The molecule has 2 aromatic rings. The van der Waals surface area contributed by atoms with Gasteiger partial charge in [0.1, 0.15) is 0 Å². The lowest BCUT2D eigenvalue weighted by Gasteiger charge is -2.29. The van der Waals surface area contributed by atoms with E-state index in [0.717, 1.165) is 5.56 Å². The minimum absolute atomic E-state index is 0.398. The normalized spacial score (nSPS) is 14.3. The van der Waals surface area contributed by atoms with E-state index < -0.39 is 5.54 Å². The number of tetrazole rings is 1. The summed E-state index contributed by atoms with van der Waals surface area (Å²) in [6, 6.07) is 9.99. The fourth-order valence-electron chi connectivity index (χ4n) is 1.57. The molecule has 0 saturated carbocycles. The van der Waals surface area contributed by atoms with Gasteiger partial charge in [0.05, 0.1) is 5.54 Å². The van der Waals surface area contributed by atoms with Gasteiger partial charge in [0.25, 0.3) is 0 Å². The van der Waals surface area contributed by atoms with Crippen LogP contribution in [0.1, 0.15) is 12.5 Å². The van der Waals surface area contributed by atoms with Crippen LogP contribution in [-0.4, -0.2) is 26.1 Å². The highest BCUT2D eigenvalue weighted by atomic mass is 35.5. The molecule has 2 rings (SSSR count). The molecule has 1 atom stereocenters. The predicted molar refractivity (Wildman–Crippen MR) is 66.9 cm³/mol. The summed E-state index contributed by atoms with van der Waals surface area (Å²) in [5, 5.41) is 14.5. The maximum absolute atomic E-state index is 6.07. The monoisotopic (exact) mass is 251 g/mol. The van der Waals surface area contributed by atoms with Gasteiger partial charge in [-0.3, -0.25) is 0 Å². The summed E-state index contributed by atoms with van der Waals surface area (Å²) >= 11 is 6.07. The predicted octanol–water partition coefficient (Wildman–Crippen LogP) is 1.78. The number of hydrogen-bond donors (Lipinski definition) is 1. The Morgan fingerprint density at radius 1 is 1.35 bits per heavy atom. The molecule has 5 nitrogen and oxygen atoms in total. The molecule has 90 valence electrons. The van der Waals surface area contributed by atoms with Gasteiger partial charge in [-0.1, -0.05) is 35.4 Å². The summed E-state index contributed by atoms with van der Waals surface area (Å²) in [6.07, 6.45) is 0. The molecule has 0 bridgehead atoms. The fraction of sp³-hybridized carbons (Fsp3) is 0.364. The smallest absolute Gasteiger partial charge is 0.243 e. The van der Waals surface area contributed by atoms with E-state index >= 15 is 0 Å². The van der Waals surface area contributed by atoms with Crippen molar-refractivity contribution in [1.29, 1.82) is 0 Å². The van der Waals surface area contributed by atoms with Gasteiger partial charge >= 0.3 is 0 Å². The van der Waals surface area contributed by atoms with E-state index in [9.17, 15) is 0 Å². The summed E-state index contributed by atoms with van der Waals surface area (Å²) in [7, 11) is 1.78. The summed E-state index contributed by atoms with van der Waals surface area (Å²) in [6.45, 7) is 2.02. The van der Waals surface area contributed by atoms with Gasteiger partial charge in [0.15, 0.2) is 0 Å². The summed E-state index contributed by atoms with van der Waals surface area (Å²) in [4.78, 5) is 0. The number of alkyl halides is 1. The van der Waals surface area contributed by atoms with Crippen molar-refractivity contribution in [1.82, 2.24) is 20.2 Å². The highest BCUT2D eigenvalue weighted by Crippen LogP contribution is 2.25. The van der Waals surface area contributed by atoms with Crippen molar-refractivity contribution in [2.75, 3.05) is 11.2 Å².